The number of anilines is 4. The Morgan fingerprint density at radius 3 is 2.73 bits per heavy atom. The number of aryl methyl sites for hydroxylation is 1. The van der Waals surface area contributed by atoms with Gasteiger partial charge in [0.2, 0.25) is 11.9 Å². The van der Waals surface area contributed by atoms with Gasteiger partial charge in [-0.25, -0.2) is 9.97 Å². The smallest absolute Gasteiger partial charge is 0.247 e. The largest absolute Gasteiger partial charge is 0.494 e. The van der Waals surface area contributed by atoms with Crippen molar-refractivity contribution in [2.45, 2.75) is 6.42 Å². The Bertz CT molecular complexity index is 1690. The van der Waals surface area contributed by atoms with Crippen LogP contribution in [0.1, 0.15) is 6.42 Å². The topological polar surface area (TPSA) is 96.3 Å². The van der Waals surface area contributed by atoms with Gasteiger partial charge in [0.25, 0.3) is 0 Å². The summed E-state index contributed by atoms with van der Waals surface area (Å²) in [5.74, 6) is 0.721. The molecular formula is C30H33N7O2S. The maximum absolute atomic E-state index is 12.3. The van der Waals surface area contributed by atoms with E-state index in [1.54, 1.807) is 18.4 Å². The average Bonchev–Trinajstić information content (AvgIpc) is 3.56. The molecule has 0 fully saturated rings. The third-order valence-electron chi connectivity index (χ3n) is 6.60. The van der Waals surface area contributed by atoms with E-state index in [-0.39, 0.29) is 5.91 Å². The molecule has 3 N–H and O–H groups in total. The van der Waals surface area contributed by atoms with Gasteiger partial charge in [0.15, 0.2) is 0 Å². The highest BCUT2D eigenvalue weighted by Gasteiger charge is 2.18. The van der Waals surface area contributed by atoms with Gasteiger partial charge < -0.3 is 30.2 Å². The molecular weight excluding hydrogens is 522 g/mol. The molecule has 0 aliphatic carbocycles. The second kappa shape index (κ2) is 11.8. The normalized spacial score (nSPS) is 11.2. The first-order valence-corrected chi connectivity index (χ1v) is 13.9. The Hall–Kier alpha value is -4.41. The second-order valence-electron chi connectivity index (χ2n) is 9.71. The van der Waals surface area contributed by atoms with Crippen molar-refractivity contribution in [3.63, 3.8) is 0 Å². The van der Waals surface area contributed by atoms with Crippen molar-refractivity contribution in [2.75, 3.05) is 50.2 Å². The van der Waals surface area contributed by atoms with Gasteiger partial charge in [0, 0.05) is 47.7 Å². The zero-order valence-electron chi connectivity index (χ0n) is 23.1. The molecule has 0 unspecified atom stereocenters. The minimum atomic E-state index is -0.304. The Labute approximate surface area is 237 Å². The SMILES string of the molecule is C=CC(=O)Nc1cc(Nc2nc(-c3cn(C)c4ccccc34)c3ccsc3n2)c(OC)cc1NCCCN(C)C. The van der Waals surface area contributed by atoms with Crippen LogP contribution in [0.3, 0.4) is 0 Å². The highest BCUT2D eigenvalue weighted by atomic mass is 32.1. The molecule has 1 amide bonds. The Morgan fingerprint density at radius 2 is 1.95 bits per heavy atom. The highest BCUT2D eigenvalue weighted by molar-refractivity contribution is 7.16. The number of fused-ring (bicyclic) bond motifs is 2. The van der Waals surface area contributed by atoms with Crippen molar-refractivity contribution < 1.29 is 9.53 Å². The van der Waals surface area contributed by atoms with Crippen molar-refractivity contribution in [1.82, 2.24) is 19.4 Å². The Morgan fingerprint density at radius 1 is 1.12 bits per heavy atom. The van der Waals surface area contributed by atoms with Crippen LogP contribution in [0.4, 0.5) is 23.0 Å². The zero-order chi connectivity index (χ0) is 28.2. The van der Waals surface area contributed by atoms with E-state index >= 15 is 0 Å². The molecule has 0 bridgehead atoms. The monoisotopic (exact) mass is 555 g/mol. The highest BCUT2D eigenvalue weighted by Crippen LogP contribution is 2.39. The van der Waals surface area contributed by atoms with Crippen molar-refractivity contribution in [3.8, 4) is 17.0 Å². The van der Waals surface area contributed by atoms with E-state index in [1.807, 2.05) is 50.8 Å². The van der Waals surface area contributed by atoms with Gasteiger partial charge in [-0.05, 0) is 56.7 Å². The summed E-state index contributed by atoms with van der Waals surface area (Å²) >= 11 is 1.56. The number of methoxy groups -OCH3 is 1. The van der Waals surface area contributed by atoms with Crippen molar-refractivity contribution in [3.05, 3.63) is 66.7 Å². The molecule has 3 aromatic heterocycles. The van der Waals surface area contributed by atoms with E-state index in [9.17, 15) is 4.79 Å². The molecule has 10 heteroatoms. The molecule has 0 radical (unpaired) electrons. The summed E-state index contributed by atoms with van der Waals surface area (Å²) in [4.78, 5) is 25.0. The third kappa shape index (κ3) is 5.63. The number of nitrogens with one attached hydrogen (secondary N) is 3. The molecule has 5 aromatic rings. The number of para-hydroxylation sites is 1. The molecule has 0 spiro atoms. The molecule has 0 atom stereocenters. The lowest BCUT2D eigenvalue weighted by atomic mass is 10.1. The number of hydrogen-bond donors (Lipinski definition) is 3. The second-order valence-corrected chi connectivity index (χ2v) is 10.6. The molecule has 0 aliphatic heterocycles. The van der Waals surface area contributed by atoms with Crippen molar-refractivity contribution in [1.29, 1.82) is 0 Å². The van der Waals surface area contributed by atoms with Crippen LogP contribution in [0.15, 0.2) is 66.7 Å². The van der Waals surface area contributed by atoms with E-state index in [1.165, 1.54) is 6.08 Å². The fourth-order valence-electron chi connectivity index (χ4n) is 4.67. The molecule has 9 nitrogen and oxygen atoms in total. The summed E-state index contributed by atoms with van der Waals surface area (Å²) in [5, 5.41) is 13.8. The Kier molecular flexibility index (Phi) is 7.99. The molecule has 0 saturated carbocycles. The van der Waals surface area contributed by atoms with Crippen LogP contribution >= 0.6 is 11.3 Å². The summed E-state index contributed by atoms with van der Waals surface area (Å²) in [6, 6.07) is 14.0. The van der Waals surface area contributed by atoms with E-state index in [2.05, 4.69) is 56.4 Å². The van der Waals surface area contributed by atoms with Crippen molar-refractivity contribution >= 4 is 61.4 Å². The lowest BCUT2D eigenvalue weighted by Crippen LogP contribution is -2.17. The van der Waals surface area contributed by atoms with Crippen LogP contribution in [0.5, 0.6) is 5.75 Å². The van der Waals surface area contributed by atoms with Gasteiger partial charge in [0.05, 0.1) is 29.9 Å². The number of rotatable bonds is 11. The minimum Gasteiger partial charge on any atom is -0.494 e. The van der Waals surface area contributed by atoms with Crippen LogP contribution < -0.4 is 20.7 Å². The molecule has 5 rings (SSSR count). The number of thiophene rings is 1. The predicted octanol–water partition coefficient (Wildman–Crippen LogP) is 6.09. The molecule has 0 aliphatic rings. The first kappa shape index (κ1) is 27.2. The van der Waals surface area contributed by atoms with Gasteiger partial charge >= 0.3 is 0 Å². The number of carbonyl (C=O) groups excluding carboxylic acids is 1. The van der Waals surface area contributed by atoms with E-state index in [0.717, 1.165) is 57.6 Å². The van der Waals surface area contributed by atoms with Crippen molar-refractivity contribution in [2.24, 2.45) is 7.05 Å². The van der Waals surface area contributed by atoms with E-state index < -0.39 is 0 Å². The average molecular weight is 556 g/mol. The maximum Gasteiger partial charge on any atom is 0.247 e. The molecule has 0 saturated heterocycles. The molecule has 3 heterocycles. The quantitative estimate of drug-likeness (QED) is 0.134. The first-order chi connectivity index (χ1) is 19.4. The van der Waals surface area contributed by atoms with Gasteiger partial charge in [-0.3, -0.25) is 4.79 Å². The van der Waals surface area contributed by atoms with Gasteiger partial charge in [-0.2, -0.15) is 0 Å². The molecule has 40 heavy (non-hydrogen) atoms. The van der Waals surface area contributed by atoms with E-state index in [0.29, 0.717) is 23.1 Å². The zero-order valence-corrected chi connectivity index (χ0v) is 23.9. The number of hydrogen-bond acceptors (Lipinski definition) is 8. The van der Waals surface area contributed by atoms with E-state index in [4.69, 9.17) is 14.7 Å². The third-order valence-corrected chi connectivity index (χ3v) is 7.41. The summed E-state index contributed by atoms with van der Waals surface area (Å²) in [5.41, 5.74) is 5.00. The standard InChI is InChI=1S/C30H33N7O2S/c1-6-27(38)32-23-16-24(26(39-5)17-22(23)31-13-9-14-36(2)3)33-30-34-28(20-12-15-40-29(20)35-30)21-18-37(4)25-11-8-7-10-19(21)25/h6-8,10-12,15-18,31H,1,9,13-14H2,2-5H3,(H,32,38)(H,33,34,35). The Balaban J connectivity index is 1.54. The first-order valence-electron chi connectivity index (χ1n) is 13.0. The molecule has 2 aromatic carbocycles. The number of nitrogens with zero attached hydrogens (tertiary/aromatic N) is 4. The number of benzene rings is 2. The summed E-state index contributed by atoms with van der Waals surface area (Å²) in [7, 11) is 7.74. The van der Waals surface area contributed by atoms with Gasteiger partial charge in [-0.15, -0.1) is 11.3 Å². The summed E-state index contributed by atoms with van der Waals surface area (Å²) in [6.07, 6.45) is 4.29. The summed E-state index contributed by atoms with van der Waals surface area (Å²) in [6.45, 7) is 5.27. The molecule has 206 valence electrons. The lowest BCUT2D eigenvalue weighted by molar-refractivity contribution is -0.111. The number of amides is 1. The summed E-state index contributed by atoms with van der Waals surface area (Å²) < 4.78 is 7.85. The maximum atomic E-state index is 12.3. The van der Waals surface area contributed by atoms with Crippen LogP contribution in [0, 0.1) is 0 Å². The fourth-order valence-corrected chi connectivity index (χ4v) is 5.43. The minimum absolute atomic E-state index is 0.304. The number of ether oxygens (including phenoxy) is 1. The predicted molar refractivity (Wildman–Crippen MR) is 166 cm³/mol. The van der Waals surface area contributed by atoms with Gasteiger partial charge in [0.1, 0.15) is 10.6 Å². The van der Waals surface area contributed by atoms with Crippen LogP contribution in [-0.2, 0) is 11.8 Å². The van der Waals surface area contributed by atoms with Gasteiger partial charge in [-0.1, -0.05) is 24.8 Å². The van der Waals surface area contributed by atoms with Crippen LogP contribution in [0.25, 0.3) is 32.4 Å². The fraction of sp³-hybridized carbons (Fsp3) is 0.233. The van der Waals surface area contributed by atoms with Crippen LogP contribution in [-0.4, -0.2) is 59.6 Å². The lowest BCUT2D eigenvalue weighted by Gasteiger charge is -2.18. The van der Waals surface area contributed by atoms with Crippen LogP contribution in [0.2, 0.25) is 0 Å². The number of aromatic nitrogens is 3. The number of carbonyl (C=O) groups is 1.